The molecule has 3 atom stereocenters. The van der Waals surface area contributed by atoms with E-state index in [-0.39, 0.29) is 6.10 Å². The molecule has 0 spiro atoms. The van der Waals surface area contributed by atoms with E-state index in [0.717, 1.165) is 19.5 Å². The Morgan fingerprint density at radius 3 is 2.67 bits per heavy atom. The largest absolute Gasteiger partial charge is 0.390 e. The zero-order chi connectivity index (χ0) is 9.14. The minimum absolute atomic E-state index is 0.191. The van der Waals surface area contributed by atoms with Gasteiger partial charge in [0.2, 0.25) is 0 Å². The molecule has 3 heteroatoms. The molecule has 3 nitrogen and oxygen atoms in total. The van der Waals surface area contributed by atoms with E-state index in [0.29, 0.717) is 12.1 Å². The fraction of sp³-hybridized carbons (Fsp3) is 1.00. The van der Waals surface area contributed by atoms with Gasteiger partial charge in [-0.2, -0.15) is 0 Å². The Morgan fingerprint density at radius 2 is 2.25 bits per heavy atom. The molecule has 0 radical (unpaired) electrons. The summed E-state index contributed by atoms with van der Waals surface area (Å²) < 4.78 is 0. The minimum atomic E-state index is -0.191. The monoisotopic (exact) mass is 172 g/mol. The lowest BCUT2D eigenvalue weighted by atomic mass is 10.1. The fourth-order valence-electron chi connectivity index (χ4n) is 1.68. The van der Waals surface area contributed by atoms with Crippen LogP contribution in [-0.2, 0) is 0 Å². The number of β-amino-alcohol motifs (C(OH)–C–C–N with tert-alkyl or cyclic N) is 1. The van der Waals surface area contributed by atoms with Gasteiger partial charge in [-0.25, -0.2) is 0 Å². The Labute approximate surface area is 74.8 Å². The number of likely N-dealkylation sites (N-methyl/N-ethyl adjacent to an activating group) is 1. The summed E-state index contributed by atoms with van der Waals surface area (Å²) in [6, 6.07) is 0.865. The highest BCUT2D eigenvalue weighted by atomic mass is 16.3. The molecule has 1 heterocycles. The summed E-state index contributed by atoms with van der Waals surface area (Å²) in [7, 11) is 2.09. The van der Waals surface area contributed by atoms with Crippen LogP contribution in [0.5, 0.6) is 0 Å². The second-order valence-corrected chi connectivity index (χ2v) is 3.72. The number of aliphatic hydroxyl groups is 1. The van der Waals surface area contributed by atoms with E-state index in [2.05, 4.69) is 31.1 Å². The van der Waals surface area contributed by atoms with E-state index >= 15 is 0 Å². The highest BCUT2D eigenvalue weighted by Crippen LogP contribution is 2.12. The van der Waals surface area contributed by atoms with E-state index in [1.54, 1.807) is 0 Å². The van der Waals surface area contributed by atoms with Crippen LogP contribution < -0.4 is 5.32 Å². The molecule has 0 amide bonds. The highest BCUT2D eigenvalue weighted by molar-refractivity contribution is 4.88. The smallest absolute Gasteiger partial charge is 0.0831 e. The Hall–Kier alpha value is -0.120. The molecule has 12 heavy (non-hydrogen) atoms. The number of rotatable bonds is 3. The molecule has 1 aliphatic rings. The maximum Gasteiger partial charge on any atom is 0.0831 e. The molecule has 0 aromatic rings. The zero-order valence-electron chi connectivity index (χ0n) is 8.25. The van der Waals surface area contributed by atoms with Crippen molar-refractivity contribution in [3.63, 3.8) is 0 Å². The summed E-state index contributed by atoms with van der Waals surface area (Å²) in [6.45, 7) is 6.04. The second-order valence-electron chi connectivity index (χ2n) is 3.72. The highest BCUT2D eigenvalue weighted by Gasteiger charge is 2.29. The van der Waals surface area contributed by atoms with Crippen LogP contribution in [0.4, 0.5) is 0 Å². The van der Waals surface area contributed by atoms with E-state index in [4.69, 9.17) is 0 Å². The maximum absolute atomic E-state index is 9.60. The van der Waals surface area contributed by atoms with Crippen LogP contribution in [0.1, 0.15) is 20.3 Å². The SMILES string of the molecule is CCC(C)N(C)[C@@H]1CNC[C@H]1O. The molecule has 1 unspecified atom stereocenters. The van der Waals surface area contributed by atoms with Crippen LogP contribution in [0, 0.1) is 0 Å². The van der Waals surface area contributed by atoms with Gasteiger partial charge in [0.25, 0.3) is 0 Å². The van der Waals surface area contributed by atoms with Crippen molar-refractivity contribution < 1.29 is 5.11 Å². The molecule has 0 aliphatic carbocycles. The molecular formula is C9H20N2O. The van der Waals surface area contributed by atoms with Crippen molar-refractivity contribution in [3.8, 4) is 0 Å². The van der Waals surface area contributed by atoms with Gasteiger partial charge in [0.05, 0.1) is 6.10 Å². The number of nitrogens with zero attached hydrogens (tertiary/aromatic N) is 1. The molecule has 0 saturated carbocycles. The lowest BCUT2D eigenvalue weighted by Crippen LogP contribution is -2.45. The van der Waals surface area contributed by atoms with Crippen molar-refractivity contribution in [1.82, 2.24) is 10.2 Å². The first-order valence-electron chi connectivity index (χ1n) is 4.77. The molecule has 1 rings (SSSR count). The van der Waals surface area contributed by atoms with Crippen molar-refractivity contribution in [2.45, 2.75) is 38.5 Å². The third-order valence-electron chi connectivity index (χ3n) is 2.96. The van der Waals surface area contributed by atoms with Crippen molar-refractivity contribution in [3.05, 3.63) is 0 Å². The molecule has 1 aliphatic heterocycles. The molecule has 1 fully saturated rings. The molecule has 2 N–H and O–H groups in total. The quantitative estimate of drug-likeness (QED) is 0.631. The molecule has 0 bridgehead atoms. The Bertz CT molecular complexity index is 140. The van der Waals surface area contributed by atoms with Crippen LogP contribution in [-0.4, -0.2) is 48.3 Å². The van der Waals surface area contributed by atoms with Gasteiger partial charge in [-0.1, -0.05) is 6.92 Å². The van der Waals surface area contributed by atoms with Crippen LogP contribution in [0.3, 0.4) is 0 Å². The Kier molecular flexibility index (Phi) is 3.50. The van der Waals surface area contributed by atoms with Crippen LogP contribution >= 0.6 is 0 Å². The average Bonchev–Trinajstić information content (AvgIpc) is 2.48. The lowest BCUT2D eigenvalue weighted by molar-refractivity contribution is 0.0767. The van der Waals surface area contributed by atoms with Gasteiger partial charge >= 0.3 is 0 Å². The molecule has 1 saturated heterocycles. The lowest BCUT2D eigenvalue weighted by Gasteiger charge is -2.31. The van der Waals surface area contributed by atoms with Gasteiger partial charge in [0, 0.05) is 25.2 Å². The van der Waals surface area contributed by atoms with Gasteiger partial charge in [0.1, 0.15) is 0 Å². The maximum atomic E-state index is 9.60. The van der Waals surface area contributed by atoms with Gasteiger partial charge in [-0.05, 0) is 20.4 Å². The first-order valence-corrected chi connectivity index (χ1v) is 4.77. The zero-order valence-corrected chi connectivity index (χ0v) is 8.25. The summed E-state index contributed by atoms with van der Waals surface area (Å²) in [4.78, 5) is 2.27. The summed E-state index contributed by atoms with van der Waals surface area (Å²) in [5.41, 5.74) is 0. The van der Waals surface area contributed by atoms with Crippen molar-refractivity contribution >= 4 is 0 Å². The topological polar surface area (TPSA) is 35.5 Å². The van der Waals surface area contributed by atoms with Crippen molar-refractivity contribution in [2.75, 3.05) is 20.1 Å². The molecule has 72 valence electrons. The molecule has 0 aromatic carbocycles. The van der Waals surface area contributed by atoms with E-state index in [1.165, 1.54) is 0 Å². The van der Waals surface area contributed by atoms with Gasteiger partial charge < -0.3 is 10.4 Å². The summed E-state index contributed by atoms with van der Waals surface area (Å²) in [5, 5.41) is 12.8. The fourth-order valence-corrected chi connectivity index (χ4v) is 1.68. The summed E-state index contributed by atoms with van der Waals surface area (Å²) >= 11 is 0. The van der Waals surface area contributed by atoms with E-state index < -0.39 is 0 Å². The van der Waals surface area contributed by atoms with Gasteiger partial charge in [-0.15, -0.1) is 0 Å². The molecule has 0 aromatic heterocycles. The minimum Gasteiger partial charge on any atom is -0.390 e. The number of hydrogen-bond acceptors (Lipinski definition) is 3. The number of aliphatic hydroxyl groups excluding tert-OH is 1. The summed E-state index contributed by atoms with van der Waals surface area (Å²) in [5.74, 6) is 0. The first kappa shape index (κ1) is 9.96. The van der Waals surface area contributed by atoms with Crippen LogP contribution in [0.25, 0.3) is 0 Å². The van der Waals surface area contributed by atoms with Crippen LogP contribution in [0.15, 0.2) is 0 Å². The van der Waals surface area contributed by atoms with Crippen molar-refractivity contribution in [2.24, 2.45) is 0 Å². The Morgan fingerprint density at radius 1 is 1.58 bits per heavy atom. The van der Waals surface area contributed by atoms with Crippen molar-refractivity contribution in [1.29, 1.82) is 0 Å². The average molecular weight is 172 g/mol. The normalized spacial score (nSPS) is 32.8. The van der Waals surface area contributed by atoms with E-state index in [1.807, 2.05) is 0 Å². The van der Waals surface area contributed by atoms with Gasteiger partial charge in [-0.3, -0.25) is 4.90 Å². The first-order chi connectivity index (χ1) is 5.66. The Balaban J connectivity index is 2.45. The predicted octanol–water partition coefficient (Wildman–Crippen LogP) is 0.0494. The third kappa shape index (κ3) is 1.97. The standard InChI is InChI=1S/C9H20N2O/c1-4-7(2)11(3)8-5-10-6-9(8)12/h7-10,12H,4-6H2,1-3H3/t7?,8-,9-/m1/s1. The number of nitrogens with one attached hydrogen (secondary N) is 1. The number of hydrogen-bond donors (Lipinski definition) is 2. The van der Waals surface area contributed by atoms with Crippen LogP contribution in [0.2, 0.25) is 0 Å². The summed E-state index contributed by atoms with van der Waals surface area (Å²) in [6.07, 6.45) is 0.948. The second kappa shape index (κ2) is 4.21. The van der Waals surface area contributed by atoms with E-state index in [9.17, 15) is 5.11 Å². The molecular weight excluding hydrogens is 152 g/mol. The predicted molar refractivity (Wildman–Crippen MR) is 50.2 cm³/mol. The third-order valence-corrected chi connectivity index (χ3v) is 2.96. The van der Waals surface area contributed by atoms with Gasteiger partial charge in [0.15, 0.2) is 0 Å².